The van der Waals surface area contributed by atoms with Gasteiger partial charge in [-0.25, -0.2) is 4.98 Å². The van der Waals surface area contributed by atoms with Gasteiger partial charge in [-0.1, -0.05) is 5.16 Å². The number of nitrogens with zero attached hydrogens (tertiary/aromatic N) is 4. The SMILES string of the molecule is Cc1nccn1CCNCc1ncon1. The molecule has 0 saturated carbocycles. The van der Waals surface area contributed by atoms with E-state index < -0.39 is 0 Å². The molecule has 0 amide bonds. The third-order valence-corrected chi connectivity index (χ3v) is 2.14. The van der Waals surface area contributed by atoms with E-state index in [9.17, 15) is 0 Å². The van der Waals surface area contributed by atoms with Crippen molar-refractivity contribution in [1.29, 1.82) is 0 Å². The van der Waals surface area contributed by atoms with Crippen molar-refractivity contribution in [1.82, 2.24) is 25.0 Å². The summed E-state index contributed by atoms with van der Waals surface area (Å²) in [6, 6.07) is 0. The molecule has 0 fully saturated rings. The summed E-state index contributed by atoms with van der Waals surface area (Å²) in [7, 11) is 0. The molecule has 0 radical (unpaired) electrons. The molecule has 1 N–H and O–H groups in total. The van der Waals surface area contributed by atoms with Gasteiger partial charge in [-0.15, -0.1) is 0 Å². The van der Waals surface area contributed by atoms with E-state index in [0.717, 1.165) is 18.9 Å². The first-order chi connectivity index (χ1) is 7.36. The van der Waals surface area contributed by atoms with Crippen molar-refractivity contribution in [3.63, 3.8) is 0 Å². The van der Waals surface area contributed by atoms with Gasteiger partial charge in [0, 0.05) is 25.5 Å². The molecule has 0 bridgehead atoms. The van der Waals surface area contributed by atoms with Gasteiger partial charge < -0.3 is 14.4 Å². The van der Waals surface area contributed by atoms with Crippen LogP contribution in [0, 0.1) is 6.92 Å². The maximum absolute atomic E-state index is 4.62. The second kappa shape index (κ2) is 4.70. The van der Waals surface area contributed by atoms with Crippen LogP contribution in [0.25, 0.3) is 0 Å². The van der Waals surface area contributed by atoms with E-state index in [1.165, 1.54) is 6.39 Å². The maximum Gasteiger partial charge on any atom is 0.213 e. The highest BCUT2D eigenvalue weighted by atomic mass is 16.5. The molecule has 0 unspecified atom stereocenters. The predicted octanol–water partition coefficient (Wildman–Crippen LogP) is 0.364. The largest absolute Gasteiger partial charge is 0.343 e. The summed E-state index contributed by atoms with van der Waals surface area (Å²) in [6.07, 6.45) is 5.09. The van der Waals surface area contributed by atoms with Crippen molar-refractivity contribution < 1.29 is 4.52 Å². The van der Waals surface area contributed by atoms with Crippen molar-refractivity contribution in [2.45, 2.75) is 20.0 Å². The fourth-order valence-electron chi connectivity index (χ4n) is 1.31. The zero-order chi connectivity index (χ0) is 10.5. The second-order valence-electron chi connectivity index (χ2n) is 3.19. The number of aryl methyl sites for hydroxylation is 1. The van der Waals surface area contributed by atoms with E-state index in [4.69, 9.17) is 0 Å². The molecular weight excluding hydrogens is 194 g/mol. The predicted molar refractivity (Wildman–Crippen MR) is 53.0 cm³/mol. The number of nitrogens with one attached hydrogen (secondary N) is 1. The molecule has 6 heteroatoms. The Bertz CT molecular complexity index is 394. The summed E-state index contributed by atoms with van der Waals surface area (Å²) in [5.74, 6) is 1.70. The highest BCUT2D eigenvalue weighted by molar-refractivity contribution is 4.88. The smallest absolute Gasteiger partial charge is 0.213 e. The van der Waals surface area contributed by atoms with Gasteiger partial charge >= 0.3 is 0 Å². The standard InChI is InChI=1S/C9H13N5O/c1-8-11-3-5-14(8)4-2-10-6-9-12-7-15-13-9/h3,5,7,10H,2,4,6H2,1H3. The van der Waals surface area contributed by atoms with Crippen LogP contribution in [0.15, 0.2) is 23.3 Å². The molecule has 2 aromatic rings. The number of aromatic nitrogens is 4. The minimum Gasteiger partial charge on any atom is -0.343 e. The topological polar surface area (TPSA) is 68.8 Å². The zero-order valence-corrected chi connectivity index (χ0v) is 8.55. The molecule has 0 atom stereocenters. The Balaban J connectivity index is 1.70. The Morgan fingerprint density at radius 3 is 3.07 bits per heavy atom. The van der Waals surface area contributed by atoms with Gasteiger partial charge in [0.25, 0.3) is 0 Å². The van der Waals surface area contributed by atoms with Crippen LogP contribution in [-0.4, -0.2) is 26.2 Å². The van der Waals surface area contributed by atoms with Crippen molar-refractivity contribution in [2.24, 2.45) is 0 Å². The number of imidazole rings is 1. The van der Waals surface area contributed by atoms with Crippen LogP contribution in [0.1, 0.15) is 11.6 Å². The van der Waals surface area contributed by atoms with Gasteiger partial charge in [-0.2, -0.15) is 4.98 Å². The molecule has 15 heavy (non-hydrogen) atoms. The molecule has 0 spiro atoms. The van der Waals surface area contributed by atoms with Crippen LogP contribution in [-0.2, 0) is 13.1 Å². The minimum atomic E-state index is 0.629. The summed E-state index contributed by atoms with van der Waals surface area (Å²) in [6.45, 7) is 4.36. The monoisotopic (exact) mass is 207 g/mol. The maximum atomic E-state index is 4.62. The summed E-state index contributed by atoms with van der Waals surface area (Å²) in [5.41, 5.74) is 0. The van der Waals surface area contributed by atoms with Crippen LogP contribution in [0.5, 0.6) is 0 Å². The van der Waals surface area contributed by atoms with Crippen molar-refractivity contribution in [3.8, 4) is 0 Å². The molecule has 2 heterocycles. The number of rotatable bonds is 5. The van der Waals surface area contributed by atoms with Gasteiger partial charge in [0.05, 0.1) is 6.54 Å². The average molecular weight is 207 g/mol. The third kappa shape index (κ3) is 2.63. The molecule has 0 aromatic carbocycles. The van der Waals surface area contributed by atoms with E-state index >= 15 is 0 Å². The Kier molecular flexibility index (Phi) is 3.08. The highest BCUT2D eigenvalue weighted by Gasteiger charge is 1.98. The average Bonchev–Trinajstić information content (AvgIpc) is 2.85. The number of hydrogen-bond acceptors (Lipinski definition) is 5. The fourth-order valence-corrected chi connectivity index (χ4v) is 1.31. The summed E-state index contributed by atoms with van der Waals surface area (Å²) >= 11 is 0. The van der Waals surface area contributed by atoms with E-state index in [-0.39, 0.29) is 0 Å². The lowest BCUT2D eigenvalue weighted by molar-refractivity contribution is 0.406. The Morgan fingerprint density at radius 1 is 1.47 bits per heavy atom. The van der Waals surface area contributed by atoms with Gasteiger partial charge in [-0.3, -0.25) is 0 Å². The molecule has 0 saturated heterocycles. The van der Waals surface area contributed by atoms with Crippen LogP contribution < -0.4 is 5.32 Å². The van der Waals surface area contributed by atoms with Crippen molar-refractivity contribution in [2.75, 3.05) is 6.54 Å². The van der Waals surface area contributed by atoms with E-state index in [0.29, 0.717) is 12.4 Å². The molecule has 0 aliphatic carbocycles. The minimum absolute atomic E-state index is 0.629. The molecule has 80 valence electrons. The van der Waals surface area contributed by atoms with Crippen molar-refractivity contribution in [3.05, 3.63) is 30.4 Å². The molecule has 6 nitrogen and oxygen atoms in total. The number of hydrogen-bond donors (Lipinski definition) is 1. The summed E-state index contributed by atoms with van der Waals surface area (Å²) in [5, 5.41) is 6.92. The van der Waals surface area contributed by atoms with E-state index in [1.54, 1.807) is 6.20 Å². The first-order valence-electron chi connectivity index (χ1n) is 4.80. The van der Waals surface area contributed by atoms with Crippen LogP contribution in [0.2, 0.25) is 0 Å². The van der Waals surface area contributed by atoms with Gasteiger partial charge in [0.1, 0.15) is 5.82 Å². The van der Waals surface area contributed by atoms with Crippen LogP contribution in [0.4, 0.5) is 0 Å². The molecular formula is C9H13N5O. The zero-order valence-electron chi connectivity index (χ0n) is 8.55. The highest BCUT2D eigenvalue weighted by Crippen LogP contribution is 1.93. The lowest BCUT2D eigenvalue weighted by Crippen LogP contribution is -2.20. The Morgan fingerprint density at radius 2 is 2.40 bits per heavy atom. The van der Waals surface area contributed by atoms with Crippen molar-refractivity contribution >= 4 is 0 Å². The van der Waals surface area contributed by atoms with E-state index in [1.807, 2.05) is 13.1 Å². The van der Waals surface area contributed by atoms with Gasteiger partial charge in [0.15, 0.2) is 5.82 Å². The van der Waals surface area contributed by atoms with E-state index in [2.05, 4.69) is 29.5 Å². The molecule has 2 rings (SSSR count). The quantitative estimate of drug-likeness (QED) is 0.717. The fraction of sp³-hybridized carbons (Fsp3) is 0.444. The van der Waals surface area contributed by atoms with Gasteiger partial charge in [0.2, 0.25) is 6.39 Å². The van der Waals surface area contributed by atoms with Crippen LogP contribution in [0.3, 0.4) is 0 Å². The first kappa shape index (κ1) is 9.85. The summed E-state index contributed by atoms with van der Waals surface area (Å²) < 4.78 is 6.71. The Hall–Kier alpha value is -1.69. The van der Waals surface area contributed by atoms with Crippen LogP contribution >= 0.6 is 0 Å². The lowest BCUT2D eigenvalue weighted by Gasteiger charge is -2.04. The van der Waals surface area contributed by atoms with Gasteiger partial charge in [-0.05, 0) is 6.92 Å². The Labute approximate surface area is 87.3 Å². The third-order valence-electron chi connectivity index (χ3n) is 2.14. The first-order valence-corrected chi connectivity index (χ1v) is 4.80. The second-order valence-corrected chi connectivity index (χ2v) is 3.19. The molecule has 2 aromatic heterocycles. The normalized spacial score (nSPS) is 10.7. The summed E-state index contributed by atoms with van der Waals surface area (Å²) in [4.78, 5) is 8.05. The molecule has 0 aliphatic heterocycles. The molecule has 0 aliphatic rings. The lowest BCUT2D eigenvalue weighted by atomic mass is 10.5.